The molecular formula is C13H15N3O2. The first-order chi connectivity index (χ1) is 8.83. The minimum Gasteiger partial charge on any atom is -0.506 e. The van der Waals surface area contributed by atoms with Crippen molar-refractivity contribution in [3.63, 3.8) is 0 Å². The molecular weight excluding hydrogens is 230 g/mol. The molecule has 0 spiro atoms. The van der Waals surface area contributed by atoms with Gasteiger partial charge in [-0.2, -0.15) is 5.10 Å². The first-order valence-corrected chi connectivity index (χ1v) is 6.03. The minimum absolute atomic E-state index is 0.203. The summed E-state index contributed by atoms with van der Waals surface area (Å²) in [4.78, 5) is 0. The van der Waals surface area contributed by atoms with Crippen molar-refractivity contribution in [1.82, 2.24) is 15.1 Å². The number of aromatic hydroxyl groups is 1. The lowest BCUT2D eigenvalue weighted by Gasteiger charge is -2.09. The fourth-order valence-corrected chi connectivity index (χ4v) is 2.08. The molecule has 2 N–H and O–H groups in total. The van der Waals surface area contributed by atoms with E-state index in [9.17, 15) is 5.11 Å². The smallest absolute Gasteiger partial charge is 0.158 e. The molecule has 2 aromatic rings. The maximum absolute atomic E-state index is 9.75. The van der Waals surface area contributed by atoms with Gasteiger partial charge in [0.15, 0.2) is 5.75 Å². The van der Waals surface area contributed by atoms with E-state index in [-0.39, 0.29) is 11.9 Å². The third-order valence-electron chi connectivity index (χ3n) is 3.01. The van der Waals surface area contributed by atoms with Crippen LogP contribution in [0.25, 0.3) is 5.69 Å². The Morgan fingerprint density at radius 1 is 1.39 bits per heavy atom. The predicted octanol–water partition coefficient (Wildman–Crippen LogP) is 1.32. The summed E-state index contributed by atoms with van der Waals surface area (Å²) >= 11 is 0. The van der Waals surface area contributed by atoms with Gasteiger partial charge >= 0.3 is 0 Å². The first kappa shape index (κ1) is 11.1. The fraction of sp³-hybridized carbons (Fsp3) is 0.308. The Morgan fingerprint density at radius 3 is 3.06 bits per heavy atom. The molecule has 5 heteroatoms. The molecule has 0 bridgehead atoms. The van der Waals surface area contributed by atoms with Gasteiger partial charge in [0.05, 0.1) is 12.4 Å². The average molecular weight is 245 g/mol. The van der Waals surface area contributed by atoms with E-state index in [1.165, 1.54) is 0 Å². The molecule has 0 amide bonds. The molecule has 2 heterocycles. The topological polar surface area (TPSA) is 59.3 Å². The standard InChI is InChI=1S/C13H15N3O2/c17-13-4-2-1-3-12(13)16-9-11(8-15-16)18-10-5-6-14-7-10/h1-4,8-10,14,17H,5-7H2. The van der Waals surface area contributed by atoms with Crippen LogP contribution in [0.4, 0.5) is 0 Å². The Hall–Kier alpha value is -2.01. The van der Waals surface area contributed by atoms with Crippen LogP contribution >= 0.6 is 0 Å². The van der Waals surface area contributed by atoms with Crippen LogP contribution in [0, 0.1) is 0 Å². The van der Waals surface area contributed by atoms with Gasteiger partial charge in [-0.15, -0.1) is 0 Å². The van der Waals surface area contributed by atoms with Crippen LogP contribution in [0.1, 0.15) is 6.42 Å². The number of benzene rings is 1. The summed E-state index contributed by atoms with van der Waals surface area (Å²) in [5, 5.41) is 17.2. The monoisotopic (exact) mass is 245 g/mol. The molecule has 1 aromatic carbocycles. The van der Waals surface area contributed by atoms with Crippen molar-refractivity contribution in [3.8, 4) is 17.2 Å². The molecule has 1 fully saturated rings. The molecule has 18 heavy (non-hydrogen) atoms. The van der Waals surface area contributed by atoms with Gasteiger partial charge in [-0.1, -0.05) is 12.1 Å². The number of aromatic nitrogens is 2. The van der Waals surface area contributed by atoms with Crippen molar-refractivity contribution < 1.29 is 9.84 Å². The molecule has 1 saturated heterocycles. The van der Waals surface area contributed by atoms with Gasteiger partial charge in [0.1, 0.15) is 17.5 Å². The predicted molar refractivity (Wildman–Crippen MR) is 67.1 cm³/mol. The summed E-state index contributed by atoms with van der Waals surface area (Å²) in [6.07, 6.45) is 4.69. The van der Waals surface area contributed by atoms with Crippen LogP contribution in [0.3, 0.4) is 0 Å². The van der Waals surface area contributed by atoms with Crippen molar-refractivity contribution in [2.75, 3.05) is 13.1 Å². The van der Waals surface area contributed by atoms with Crippen LogP contribution in [0.15, 0.2) is 36.7 Å². The van der Waals surface area contributed by atoms with Crippen LogP contribution in [-0.4, -0.2) is 34.1 Å². The molecule has 1 atom stereocenters. The van der Waals surface area contributed by atoms with E-state index in [0.717, 1.165) is 25.3 Å². The van der Waals surface area contributed by atoms with E-state index in [0.29, 0.717) is 5.69 Å². The van der Waals surface area contributed by atoms with Crippen LogP contribution < -0.4 is 10.1 Å². The van der Waals surface area contributed by atoms with Gasteiger partial charge in [-0.25, -0.2) is 4.68 Å². The normalized spacial score (nSPS) is 19.0. The van der Waals surface area contributed by atoms with Gasteiger partial charge in [0, 0.05) is 6.54 Å². The van der Waals surface area contributed by atoms with Crippen LogP contribution in [0.5, 0.6) is 11.5 Å². The molecule has 0 radical (unpaired) electrons. The second kappa shape index (κ2) is 4.70. The Labute approximate surface area is 105 Å². The summed E-state index contributed by atoms with van der Waals surface area (Å²) in [6, 6.07) is 7.09. The van der Waals surface area contributed by atoms with E-state index in [2.05, 4.69) is 10.4 Å². The Kier molecular flexibility index (Phi) is 2.90. The SMILES string of the molecule is Oc1ccccc1-n1cc(OC2CCNC2)cn1. The highest BCUT2D eigenvalue weighted by Gasteiger charge is 2.16. The Balaban J connectivity index is 1.79. The van der Waals surface area contributed by atoms with Crippen LogP contribution in [-0.2, 0) is 0 Å². The lowest BCUT2D eigenvalue weighted by Crippen LogP contribution is -2.19. The third-order valence-corrected chi connectivity index (χ3v) is 3.01. The highest BCUT2D eigenvalue weighted by atomic mass is 16.5. The van der Waals surface area contributed by atoms with Gasteiger partial charge in [-0.3, -0.25) is 0 Å². The summed E-state index contributed by atoms with van der Waals surface area (Å²) in [6.45, 7) is 1.88. The van der Waals surface area contributed by atoms with Gasteiger partial charge in [0.25, 0.3) is 0 Å². The molecule has 0 aliphatic carbocycles. The molecule has 1 aliphatic rings. The van der Waals surface area contributed by atoms with E-state index in [1.54, 1.807) is 29.2 Å². The van der Waals surface area contributed by atoms with Gasteiger partial charge in [-0.05, 0) is 25.1 Å². The van der Waals surface area contributed by atoms with Crippen molar-refractivity contribution in [1.29, 1.82) is 0 Å². The number of nitrogens with one attached hydrogen (secondary N) is 1. The third kappa shape index (κ3) is 2.17. The molecule has 1 aliphatic heterocycles. The quantitative estimate of drug-likeness (QED) is 0.856. The maximum atomic E-state index is 9.75. The zero-order valence-electron chi connectivity index (χ0n) is 9.91. The number of hydrogen-bond donors (Lipinski definition) is 2. The zero-order chi connectivity index (χ0) is 12.4. The zero-order valence-corrected chi connectivity index (χ0v) is 9.91. The Bertz CT molecular complexity index is 533. The Morgan fingerprint density at radius 2 is 2.28 bits per heavy atom. The van der Waals surface area contributed by atoms with Gasteiger partial charge < -0.3 is 15.2 Å². The molecule has 94 valence electrons. The van der Waals surface area contributed by atoms with Gasteiger partial charge in [0.2, 0.25) is 0 Å². The molecule has 3 rings (SSSR count). The van der Waals surface area contributed by atoms with E-state index in [4.69, 9.17) is 4.74 Å². The van der Waals surface area contributed by atoms with E-state index in [1.807, 2.05) is 12.1 Å². The molecule has 0 saturated carbocycles. The lowest BCUT2D eigenvalue weighted by atomic mass is 10.3. The highest BCUT2D eigenvalue weighted by molar-refractivity contribution is 5.45. The molecule has 5 nitrogen and oxygen atoms in total. The second-order valence-electron chi connectivity index (χ2n) is 4.34. The largest absolute Gasteiger partial charge is 0.506 e. The number of para-hydroxylation sites is 2. The van der Waals surface area contributed by atoms with Crippen molar-refractivity contribution in [3.05, 3.63) is 36.7 Å². The number of ether oxygens (including phenoxy) is 1. The molecule has 1 aromatic heterocycles. The van der Waals surface area contributed by atoms with Crippen LogP contribution in [0.2, 0.25) is 0 Å². The minimum atomic E-state index is 0.203. The van der Waals surface area contributed by atoms with E-state index >= 15 is 0 Å². The number of phenolic OH excluding ortho intramolecular Hbond substituents is 1. The fourth-order valence-electron chi connectivity index (χ4n) is 2.08. The number of hydrogen-bond acceptors (Lipinski definition) is 4. The average Bonchev–Trinajstić information content (AvgIpc) is 3.02. The summed E-state index contributed by atoms with van der Waals surface area (Å²) in [5.74, 6) is 0.932. The van der Waals surface area contributed by atoms with Crippen molar-refractivity contribution in [2.45, 2.75) is 12.5 Å². The summed E-state index contributed by atoms with van der Waals surface area (Å²) < 4.78 is 7.41. The lowest BCUT2D eigenvalue weighted by molar-refractivity contribution is 0.223. The second-order valence-corrected chi connectivity index (χ2v) is 4.34. The van der Waals surface area contributed by atoms with E-state index < -0.39 is 0 Å². The van der Waals surface area contributed by atoms with Crippen molar-refractivity contribution in [2.24, 2.45) is 0 Å². The summed E-state index contributed by atoms with van der Waals surface area (Å²) in [5.41, 5.74) is 0.650. The number of nitrogens with zero attached hydrogens (tertiary/aromatic N) is 2. The number of rotatable bonds is 3. The molecule has 1 unspecified atom stereocenters. The number of phenols is 1. The summed E-state index contributed by atoms with van der Waals surface area (Å²) in [7, 11) is 0. The highest BCUT2D eigenvalue weighted by Crippen LogP contribution is 2.22. The first-order valence-electron chi connectivity index (χ1n) is 6.03. The van der Waals surface area contributed by atoms with Crippen molar-refractivity contribution >= 4 is 0 Å². The maximum Gasteiger partial charge on any atom is 0.158 e.